The number of fused-ring (bicyclic) bond motifs is 1. The number of nitrogens with two attached hydrogens (primary N) is 1. The van der Waals surface area contributed by atoms with E-state index in [1.165, 1.54) is 21.9 Å². The van der Waals surface area contributed by atoms with Crippen LogP contribution in [0.2, 0.25) is 0 Å². The van der Waals surface area contributed by atoms with Crippen LogP contribution in [-0.4, -0.2) is 7.11 Å². The van der Waals surface area contributed by atoms with Crippen molar-refractivity contribution in [2.24, 2.45) is 5.73 Å². The van der Waals surface area contributed by atoms with Gasteiger partial charge >= 0.3 is 0 Å². The maximum atomic E-state index is 5.67. The molecule has 15 heavy (non-hydrogen) atoms. The highest BCUT2D eigenvalue weighted by molar-refractivity contribution is 5.87. The predicted octanol–water partition coefficient (Wildman–Crippen LogP) is 2.62. The van der Waals surface area contributed by atoms with Gasteiger partial charge in [0, 0.05) is 6.54 Å². The van der Waals surface area contributed by atoms with Crippen LogP contribution in [0.1, 0.15) is 11.1 Å². The topological polar surface area (TPSA) is 35.2 Å². The van der Waals surface area contributed by atoms with Crippen LogP contribution in [0.15, 0.2) is 30.3 Å². The van der Waals surface area contributed by atoms with E-state index in [4.69, 9.17) is 10.5 Å². The highest BCUT2D eigenvalue weighted by Crippen LogP contribution is 2.25. The lowest BCUT2D eigenvalue weighted by Gasteiger charge is -2.08. The molecule has 0 bridgehead atoms. The number of ether oxygens (including phenoxy) is 1. The molecule has 2 rings (SSSR count). The molecule has 0 aliphatic rings. The minimum atomic E-state index is 0.591. The standard InChI is InChI=1S/C13H15NO/c1-9-11(8-14)4-3-10-7-12(15-2)5-6-13(9)10/h3-7H,8,14H2,1-2H3. The summed E-state index contributed by atoms with van der Waals surface area (Å²) in [6.45, 7) is 2.70. The zero-order valence-corrected chi connectivity index (χ0v) is 9.08. The summed E-state index contributed by atoms with van der Waals surface area (Å²) >= 11 is 0. The summed E-state index contributed by atoms with van der Waals surface area (Å²) in [6, 6.07) is 10.3. The van der Waals surface area contributed by atoms with Crippen molar-refractivity contribution in [1.82, 2.24) is 0 Å². The molecule has 0 fully saturated rings. The summed E-state index contributed by atoms with van der Waals surface area (Å²) in [5.41, 5.74) is 8.14. The number of methoxy groups -OCH3 is 1. The molecule has 2 N–H and O–H groups in total. The lowest BCUT2D eigenvalue weighted by molar-refractivity contribution is 0.415. The van der Waals surface area contributed by atoms with Crippen LogP contribution < -0.4 is 10.5 Å². The fourth-order valence-corrected chi connectivity index (χ4v) is 1.86. The number of aryl methyl sites for hydroxylation is 1. The number of hydrogen-bond donors (Lipinski definition) is 1. The van der Waals surface area contributed by atoms with E-state index < -0.39 is 0 Å². The number of hydrogen-bond acceptors (Lipinski definition) is 2. The van der Waals surface area contributed by atoms with Gasteiger partial charge in [0.05, 0.1) is 7.11 Å². The van der Waals surface area contributed by atoms with Gasteiger partial charge in [0.25, 0.3) is 0 Å². The Morgan fingerprint density at radius 2 is 2.00 bits per heavy atom. The molecule has 2 aromatic rings. The third kappa shape index (κ3) is 1.68. The van der Waals surface area contributed by atoms with E-state index in [-0.39, 0.29) is 0 Å². The largest absolute Gasteiger partial charge is 0.497 e. The Morgan fingerprint density at radius 3 is 2.67 bits per heavy atom. The molecule has 0 aliphatic carbocycles. The summed E-state index contributed by atoms with van der Waals surface area (Å²) in [4.78, 5) is 0. The molecule has 2 nitrogen and oxygen atoms in total. The van der Waals surface area contributed by atoms with E-state index >= 15 is 0 Å². The lowest BCUT2D eigenvalue weighted by atomic mass is 10.00. The van der Waals surface area contributed by atoms with Crippen molar-refractivity contribution in [3.63, 3.8) is 0 Å². The summed E-state index contributed by atoms with van der Waals surface area (Å²) < 4.78 is 5.19. The molecule has 0 saturated heterocycles. The maximum Gasteiger partial charge on any atom is 0.119 e. The van der Waals surface area contributed by atoms with Gasteiger partial charge < -0.3 is 10.5 Å². The molecule has 78 valence electrons. The van der Waals surface area contributed by atoms with Gasteiger partial charge in [0.15, 0.2) is 0 Å². The first-order valence-electron chi connectivity index (χ1n) is 5.02. The minimum Gasteiger partial charge on any atom is -0.497 e. The van der Waals surface area contributed by atoms with Gasteiger partial charge in [-0.05, 0) is 41.0 Å². The van der Waals surface area contributed by atoms with Crippen LogP contribution in [0, 0.1) is 6.92 Å². The SMILES string of the molecule is COc1ccc2c(C)c(CN)ccc2c1. The van der Waals surface area contributed by atoms with Gasteiger partial charge in [0.2, 0.25) is 0 Å². The Kier molecular flexibility index (Phi) is 2.60. The van der Waals surface area contributed by atoms with E-state index in [1.807, 2.05) is 12.1 Å². The second-order valence-electron chi connectivity index (χ2n) is 3.64. The first-order chi connectivity index (χ1) is 7.26. The summed E-state index contributed by atoms with van der Waals surface area (Å²) in [5, 5.41) is 2.45. The normalized spacial score (nSPS) is 10.6. The Balaban J connectivity index is 2.68. The van der Waals surface area contributed by atoms with Crippen LogP contribution in [0.5, 0.6) is 5.75 Å². The van der Waals surface area contributed by atoms with Crippen LogP contribution in [0.25, 0.3) is 10.8 Å². The molecule has 0 atom stereocenters. The van der Waals surface area contributed by atoms with Crippen molar-refractivity contribution in [3.05, 3.63) is 41.5 Å². The Morgan fingerprint density at radius 1 is 1.20 bits per heavy atom. The molecular formula is C13H15NO. The first kappa shape index (κ1) is 9.99. The average Bonchev–Trinajstić information content (AvgIpc) is 2.29. The second kappa shape index (κ2) is 3.91. The first-order valence-corrected chi connectivity index (χ1v) is 5.02. The third-order valence-corrected chi connectivity index (χ3v) is 2.83. The Hall–Kier alpha value is -1.54. The molecule has 0 unspecified atom stereocenters. The molecule has 0 saturated carbocycles. The summed E-state index contributed by atoms with van der Waals surface area (Å²) in [6.07, 6.45) is 0. The number of benzene rings is 2. The monoisotopic (exact) mass is 201 g/mol. The quantitative estimate of drug-likeness (QED) is 0.810. The smallest absolute Gasteiger partial charge is 0.119 e. The van der Waals surface area contributed by atoms with E-state index in [9.17, 15) is 0 Å². The lowest BCUT2D eigenvalue weighted by Crippen LogP contribution is -1.99. The fourth-order valence-electron chi connectivity index (χ4n) is 1.86. The van der Waals surface area contributed by atoms with Gasteiger partial charge in [-0.1, -0.05) is 18.2 Å². The minimum absolute atomic E-state index is 0.591. The zero-order chi connectivity index (χ0) is 10.8. The molecule has 2 heteroatoms. The van der Waals surface area contributed by atoms with Gasteiger partial charge in [-0.2, -0.15) is 0 Å². The molecular weight excluding hydrogens is 186 g/mol. The average molecular weight is 201 g/mol. The Labute approximate surface area is 89.7 Å². The van der Waals surface area contributed by atoms with E-state index in [0.29, 0.717) is 6.54 Å². The van der Waals surface area contributed by atoms with Crippen molar-refractivity contribution in [2.75, 3.05) is 7.11 Å². The van der Waals surface area contributed by atoms with E-state index in [1.54, 1.807) is 7.11 Å². The van der Waals surface area contributed by atoms with Crippen LogP contribution in [-0.2, 0) is 6.54 Å². The van der Waals surface area contributed by atoms with Gasteiger partial charge in [-0.15, -0.1) is 0 Å². The van der Waals surface area contributed by atoms with Gasteiger partial charge in [-0.25, -0.2) is 0 Å². The van der Waals surface area contributed by atoms with Crippen molar-refractivity contribution >= 4 is 10.8 Å². The van der Waals surface area contributed by atoms with Crippen LogP contribution in [0.4, 0.5) is 0 Å². The van der Waals surface area contributed by atoms with Crippen LogP contribution in [0.3, 0.4) is 0 Å². The van der Waals surface area contributed by atoms with Crippen molar-refractivity contribution < 1.29 is 4.74 Å². The highest BCUT2D eigenvalue weighted by Gasteiger charge is 2.02. The van der Waals surface area contributed by atoms with Crippen molar-refractivity contribution in [3.8, 4) is 5.75 Å². The van der Waals surface area contributed by atoms with Crippen molar-refractivity contribution in [1.29, 1.82) is 0 Å². The fraction of sp³-hybridized carbons (Fsp3) is 0.231. The zero-order valence-electron chi connectivity index (χ0n) is 9.08. The molecule has 0 heterocycles. The molecule has 2 aromatic carbocycles. The van der Waals surface area contributed by atoms with E-state index in [2.05, 4.69) is 25.1 Å². The maximum absolute atomic E-state index is 5.67. The Bertz CT molecular complexity index is 491. The second-order valence-corrected chi connectivity index (χ2v) is 3.64. The van der Waals surface area contributed by atoms with Crippen LogP contribution >= 0.6 is 0 Å². The molecule has 0 amide bonds. The highest BCUT2D eigenvalue weighted by atomic mass is 16.5. The molecule has 0 spiro atoms. The molecule has 0 aliphatic heterocycles. The third-order valence-electron chi connectivity index (χ3n) is 2.83. The van der Waals surface area contributed by atoms with E-state index in [0.717, 1.165) is 5.75 Å². The summed E-state index contributed by atoms with van der Waals surface area (Å²) in [5.74, 6) is 0.891. The van der Waals surface area contributed by atoms with Crippen molar-refractivity contribution in [2.45, 2.75) is 13.5 Å². The molecule has 0 aromatic heterocycles. The predicted molar refractivity (Wildman–Crippen MR) is 63.1 cm³/mol. The van der Waals surface area contributed by atoms with Gasteiger partial charge in [0.1, 0.15) is 5.75 Å². The number of rotatable bonds is 2. The van der Waals surface area contributed by atoms with Gasteiger partial charge in [-0.3, -0.25) is 0 Å². The summed E-state index contributed by atoms with van der Waals surface area (Å²) in [7, 11) is 1.68. The molecule has 0 radical (unpaired) electrons.